The molecule has 0 unspecified atom stereocenters. The van der Waals surface area contributed by atoms with Gasteiger partial charge in [0.25, 0.3) is 5.91 Å². The van der Waals surface area contributed by atoms with Gasteiger partial charge in [-0.1, -0.05) is 12.1 Å². The Balaban J connectivity index is 1.33. The van der Waals surface area contributed by atoms with Gasteiger partial charge in [0.1, 0.15) is 5.60 Å². The number of hydrogen-bond acceptors (Lipinski definition) is 6. The molecule has 1 saturated heterocycles. The summed E-state index contributed by atoms with van der Waals surface area (Å²) in [5.74, 6) is -0.235. The zero-order chi connectivity index (χ0) is 25.3. The fraction of sp³-hybridized carbons (Fsp3) is 0.500. The first-order valence-electron chi connectivity index (χ1n) is 12.1. The second-order valence-corrected chi connectivity index (χ2v) is 10.8. The Labute approximate surface area is 211 Å². The lowest BCUT2D eigenvalue weighted by molar-refractivity contribution is -0.116. The topological polar surface area (TPSA) is 99.8 Å². The lowest BCUT2D eigenvalue weighted by Crippen LogP contribution is -2.46. The zero-order valence-corrected chi connectivity index (χ0v) is 21.6. The highest BCUT2D eigenvalue weighted by atomic mass is 32.1. The monoisotopic (exact) mass is 500 g/mol. The van der Waals surface area contributed by atoms with Gasteiger partial charge in [-0.25, -0.2) is 4.79 Å². The standard InChI is InChI=1S/C26H36N4O4S/c1-26(2,3)34-25(33)29-20-11-14-30(15-12-20)13-5-10-23(31)28-21-8-4-7-19(17-21)24(32)27-18-22-9-6-16-35-22/h4,6-9,16-17,20H,5,10-15,18H2,1-3H3,(H,27,32)(H,28,31)(H,29,33). The molecule has 0 radical (unpaired) electrons. The lowest BCUT2D eigenvalue weighted by Gasteiger charge is -2.32. The summed E-state index contributed by atoms with van der Waals surface area (Å²) >= 11 is 1.60. The summed E-state index contributed by atoms with van der Waals surface area (Å²) in [5.41, 5.74) is 0.638. The minimum absolute atomic E-state index is 0.0670. The average molecular weight is 501 g/mol. The maximum atomic E-state index is 12.4. The van der Waals surface area contributed by atoms with E-state index in [0.717, 1.165) is 43.8 Å². The molecule has 35 heavy (non-hydrogen) atoms. The van der Waals surface area contributed by atoms with Crippen LogP contribution in [0.25, 0.3) is 0 Å². The van der Waals surface area contributed by atoms with Gasteiger partial charge >= 0.3 is 6.09 Å². The van der Waals surface area contributed by atoms with Crippen molar-refractivity contribution in [1.29, 1.82) is 0 Å². The van der Waals surface area contributed by atoms with Crippen LogP contribution in [0, 0.1) is 0 Å². The van der Waals surface area contributed by atoms with Crippen molar-refractivity contribution < 1.29 is 19.1 Å². The van der Waals surface area contributed by atoms with E-state index in [1.165, 1.54) is 0 Å². The van der Waals surface area contributed by atoms with Gasteiger partial charge in [-0.2, -0.15) is 0 Å². The molecule has 1 aromatic carbocycles. The number of rotatable bonds is 9. The number of carbonyl (C=O) groups excluding carboxylic acids is 3. The van der Waals surface area contributed by atoms with Crippen LogP contribution in [0.15, 0.2) is 41.8 Å². The molecule has 3 N–H and O–H groups in total. The Morgan fingerprint density at radius 3 is 2.57 bits per heavy atom. The predicted molar refractivity (Wildman–Crippen MR) is 139 cm³/mol. The number of anilines is 1. The van der Waals surface area contributed by atoms with E-state index in [2.05, 4.69) is 20.9 Å². The summed E-state index contributed by atoms with van der Waals surface area (Å²) in [6.45, 7) is 8.64. The van der Waals surface area contributed by atoms with E-state index in [9.17, 15) is 14.4 Å². The molecule has 1 fully saturated rings. The molecule has 8 nitrogen and oxygen atoms in total. The number of alkyl carbamates (subject to hydrolysis) is 1. The fourth-order valence-electron chi connectivity index (χ4n) is 3.88. The molecule has 1 aliphatic heterocycles. The van der Waals surface area contributed by atoms with Gasteiger partial charge in [0, 0.05) is 41.7 Å². The van der Waals surface area contributed by atoms with Crippen molar-refractivity contribution in [3.05, 3.63) is 52.2 Å². The van der Waals surface area contributed by atoms with Crippen LogP contribution in [-0.4, -0.2) is 54.1 Å². The van der Waals surface area contributed by atoms with Gasteiger partial charge in [0.15, 0.2) is 0 Å². The van der Waals surface area contributed by atoms with Crippen molar-refractivity contribution in [2.75, 3.05) is 25.0 Å². The minimum Gasteiger partial charge on any atom is -0.444 e. The number of nitrogens with one attached hydrogen (secondary N) is 3. The maximum absolute atomic E-state index is 12.4. The molecule has 0 bridgehead atoms. The average Bonchev–Trinajstić information content (AvgIpc) is 3.31. The number of benzene rings is 1. The van der Waals surface area contributed by atoms with Gasteiger partial charge in [0.05, 0.1) is 6.54 Å². The van der Waals surface area contributed by atoms with Gasteiger partial charge in [-0.15, -0.1) is 11.3 Å². The van der Waals surface area contributed by atoms with Crippen molar-refractivity contribution in [2.24, 2.45) is 0 Å². The molecule has 190 valence electrons. The summed E-state index contributed by atoms with van der Waals surface area (Å²) in [4.78, 5) is 40.2. The summed E-state index contributed by atoms with van der Waals surface area (Å²) in [7, 11) is 0. The Bertz CT molecular complexity index is 979. The molecule has 0 spiro atoms. The third-order valence-electron chi connectivity index (χ3n) is 5.60. The van der Waals surface area contributed by atoms with Gasteiger partial charge < -0.3 is 25.6 Å². The van der Waals surface area contributed by atoms with Crippen molar-refractivity contribution >= 4 is 34.9 Å². The summed E-state index contributed by atoms with van der Waals surface area (Å²) in [5, 5.41) is 10.7. The molecule has 1 aromatic heterocycles. The second kappa shape index (κ2) is 12.7. The maximum Gasteiger partial charge on any atom is 0.407 e. The van der Waals surface area contributed by atoms with E-state index in [1.54, 1.807) is 35.6 Å². The SMILES string of the molecule is CC(C)(C)OC(=O)NC1CCN(CCCC(=O)Nc2cccc(C(=O)NCc3cccs3)c2)CC1. The van der Waals surface area contributed by atoms with Crippen molar-refractivity contribution in [1.82, 2.24) is 15.5 Å². The highest BCUT2D eigenvalue weighted by molar-refractivity contribution is 7.09. The number of piperidine rings is 1. The Morgan fingerprint density at radius 2 is 1.89 bits per heavy atom. The van der Waals surface area contributed by atoms with E-state index >= 15 is 0 Å². The number of carbonyl (C=O) groups is 3. The van der Waals surface area contributed by atoms with E-state index in [1.807, 2.05) is 38.3 Å². The van der Waals surface area contributed by atoms with E-state index in [4.69, 9.17) is 4.74 Å². The number of amides is 3. The van der Waals surface area contributed by atoms with Crippen molar-refractivity contribution in [2.45, 2.75) is 64.6 Å². The van der Waals surface area contributed by atoms with Crippen LogP contribution in [-0.2, 0) is 16.1 Å². The number of likely N-dealkylation sites (tertiary alicyclic amines) is 1. The van der Waals surface area contributed by atoms with Gasteiger partial charge in [-0.05, 0) is 76.2 Å². The van der Waals surface area contributed by atoms with E-state index in [0.29, 0.717) is 24.2 Å². The van der Waals surface area contributed by atoms with Crippen LogP contribution >= 0.6 is 11.3 Å². The van der Waals surface area contributed by atoms with Crippen LogP contribution in [0.4, 0.5) is 10.5 Å². The quantitative estimate of drug-likeness (QED) is 0.474. The molecule has 0 aliphatic carbocycles. The van der Waals surface area contributed by atoms with Crippen LogP contribution in [0.3, 0.4) is 0 Å². The summed E-state index contributed by atoms with van der Waals surface area (Å²) in [6.07, 6.45) is 2.53. The molecule has 9 heteroatoms. The predicted octanol–water partition coefficient (Wildman–Crippen LogP) is 4.39. The molecular weight excluding hydrogens is 464 g/mol. The molecular formula is C26H36N4O4S. The third-order valence-corrected chi connectivity index (χ3v) is 6.47. The largest absolute Gasteiger partial charge is 0.444 e. The first kappa shape index (κ1) is 26.7. The highest BCUT2D eigenvalue weighted by Gasteiger charge is 2.23. The summed E-state index contributed by atoms with van der Waals surface area (Å²) < 4.78 is 5.33. The molecule has 2 aromatic rings. The normalized spacial score (nSPS) is 14.8. The van der Waals surface area contributed by atoms with Gasteiger partial charge in [-0.3, -0.25) is 9.59 Å². The smallest absolute Gasteiger partial charge is 0.407 e. The third kappa shape index (κ3) is 9.70. The fourth-order valence-corrected chi connectivity index (χ4v) is 4.53. The van der Waals surface area contributed by atoms with Crippen LogP contribution in [0.1, 0.15) is 61.7 Å². The highest BCUT2D eigenvalue weighted by Crippen LogP contribution is 2.15. The second-order valence-electron chi connectivity index (χ2n) is 9.76. The van der Waals surface area contributed by atoms with Crippen molar-refractivity contribution in [3.8, 4) is 0 Å². The molecule has 0 saturated carbocycles. The Kier molecular flexibility index (Phi) is 9.68. The number of nitrogens with zero attached hydrogens (tertiary/aromatic N) is 1. The molecule has 1 aliphatic rings. The number of hydrogen-bond donors (Lipinski definition) is 3. The Hall–Kier alpha value is -2.91. The zero-order valence-electron chi connectivity index (χ0n) is 20.8. The number of ether oxygens (including phenoxy) is 1. The van der Waals surface area contributed by atoms with Crippen LogP contribution in [0.2, 0.25) is 0 Å². The number of thiophene rings is 1. The molecule has 0 atom stereocenters. The summed E-state index contributed by atoms with van der Waals surface area (Å²) in [6, 6.07) is 11.0. The first-order chi connectivity index (χ1) is 16.7. The van der Waals surface area contributed by atoms with E-state index in [-0.39, 0.29) is 23.9 Å². The van der Waals surface area contributed by atoms with Crippen LogP contribution < -0.4 is 16.0 Å². The molecule has 2 heterocycles. The molecule has 3 rings (SSSR count). The van der Waals surface area contributed by atoms with Gasteiger partial charge in [0.2, 0.25) is 5.91 Å². The first-order valence-corrected chi connectivity index (χ1v) is 13.0. The van der Waals surface area contributed by atoms with Crippen molar-refractivity contribution in [3.63, 3.8) is 0 Å². The molecule has 3 amide bonds. The Morgan fingerprint density at radius 1 is 1.11 bits per heavy atom. The van der Waals surface area contributed by atoms with Crippen LogP contribution in [0.5, 0.6) is 0 Å². The van der Waals surface area contributed by atoms with E-state index < -0.39 is 5.60 Å². The lowest BCUT2D eigenvalue weighted by atomic mass is 10.0. The minimum atomic E-state index is -0.497.